The second-order valence-electron chi connectivity index (χ2n) is 6.71. The van der Waals surface area contributed by atoms with Gasteiger partial charge >= 0.3 is 0 Å². The van der Waals surface area contributed by atoms with Crippen molar-refractivity contribution in [2.75, 3.05) is 19.7 Å². The lowest BCUT2D eigenvalue weighted by atomic mass is 10.1. The largest absolute Gasteiger partial charge is 0.494 e. The fraction of sp³-hybridized carbons (Fsp3) is 0.579. The molecule has 1 N–H and O–H groups in total. The third-order valence-corrected chi connectivity index (χ3v) is 4.99. The molecule has 2 bridgehead atoms. The monoisotopic (exact) mass is 330 g/mol. The van der Waals surface area contributed by atoms with Gasteiger partial charge in [-0.1, -0.05) is 12.1 Å². The second-order valence-corrected chi connectivity index (χ2v) is 6.71. The lowest BCUT2D eigenvalue weighted by molar-refractivity contribution is -0.134. The first-order valence-electron chi connectivity index (χ1n) is 8.91. The Bertz CT molecular complexity index is 588. The van der Waals surface area contributed by atoms with Crippen LogP contribution in [0.25, 0.3) is 0 Å². The molecule has 130 valence electrons. The summed E-state index contributed by atoms with van der Waals surface area (Å²) in [5, 5.41) is 3.42. The molecule has 0 spiro atoms. The van der Waals surface area contributed by atoms with E-state index in [-0.39, 0.29) is 11.7 Å². The van der Waals surface area contributed by atoms with Gasteiger partial charge in [0.15, 0.2) is 5.78 Å². The van der Waals surface area contributed by atoms with Crippen LogP contribution in [0.15, 0.2) is 24.3 Å². The zero-order valence-electron chi connectivity index (χ0n) is 14.3. The van der Waals surface area contributed by atoms with E-state index in [1.807, 2.05) is 12.1 Å². The molecule has 2 aliphatic heterocycles. The van der Waals surface area contributed by atoms with Crippen molar-refractivity contribution in [1.82, 2.24) is 10.2 Å². The number of hydrogen-bond acceptors (Lipinski definition) is 4. The van der Waals surface area contributed by atoms with E-state index in [0.29, 0.717) is 42.8 Å². The molecule has 0 saturated carbocycles. The number of nitrogens with one attached hydrogen (secondary N) is 1. The van der Waals surface area contributed by atoms with Crippen molar-refractivity contribution in [2.45, 2.75) is 51.1 Å². The first-order valence-corrected chi connectivity index (χ1v) is 8.91. The molecule has 0 aliphatic carbocycles. The Morgan fingerprint density at radius 3 is 2.92 bits per heavy atom. The molecule has 2 aliphatic rings. The molecule has 2 atom stereocenters. The van der Waals surface area contributed by atoms with E-state index < -0.39 is 0 Å². The van der Waals surface area contributed by atoms with Gasteiger partial charge in [-0.05, 0) is 51.3 Å². The molecule has 2 heterocycles. The Labute approximate surface area is 143 Å². The van der Waals surface area contributed by atoms with Crippen LogP contribution in [0.3, 0.4) is 0 Å². The van der Waals surface area contributed by atoms with Crippen molar-refractivity contribution in [3.05, 3.63) is 29.8 Å². The van der Waals surface area contributed by atoms with Crippen LogP contribution in [0.4, 0.5) is 0 Å². The lowest BCUT2D eigenvalue weighted by Crippen LogP contribution is -2.42. The fourth-order valence-corrected chi connectivity index (χ4v) is 3.74. The average molecular weight is 330 g/mol. The van der Waals surface area contributed by atoms with Crippen LogP contribution in [0.5, 0.6) is 5.75 Å². The van der Waals surface area contributed by atoms with Gasteiger partial charge in [0.05, 0.1) is 6.61 Å². The quantitative estimate of drug-likeness (QED) is 0.643. The summed E-state index contributed by atoms with van der Waals surface area (Å²) in [7, 11) is 0. The maximum absolute atomic E-state index is 12.6. The van der Waals surface area contributed by atoms with Crippen LogP contribution in [0.2, 0.25) is 0 Å². The minimum absolute atomic E-state index is 0.0286. The molecule has 1 aromatic carbocycles. The van der Waals surface area contributed by atoms with E-state index in [4.69, 9.17) is 4.74 Å². The highest BCUT2D eigenvalue weighted by Crippen LogP contribution is 2.28. The molecule has 24 heavy (non-hydrogen) atoms. The molecular weight excluding hydrogens is 304 g/mol. The maximum atomic E-state index is 12.6. The van der Waals surface area contributed by atoms with Gasteiger partial charge in [-0.15, -0.1) is 0 Å². The molecular formula is C19H26N2O3. The molecule has 3 rings (SSSR count). The fourth-order valence-electron chi connectivity index (χ4n) is 3.74. The van der Waals surface area contributed by atoms with Gasteiger partial charge in [-0.25, -0.2) is 0 Å². The number of ether oxygens (including phenoxy) is 1. The Balaban J connectivity index is 1.45. The number of hydrogen-bond donors (Lipinski definition) is 1. The summed E-state index contributed by atoms with van der Waals surface area (Å²) in [5.41, 5.74) is 0.650. The van der Waals surface area contributed by atoms with E-state index in [1.165, 1.54) is 0 Å². The van der Waals surface area contributed by atoms with Gasteiger partial charge in [-0.2, -0.15) is 0 Å². The molecule has 0 radical (unpaired) electrons. The molecule has 2 unspecified atom stereocenters. The number of amides is 1. The zero-order chi connectivity index (χ0) is 16.9. The molecule has 1 aromatic rings. The van der Waals surface area contributed by atoms with E-state index in [1.54, 1.807) is 19.1 Å². The van der Waals surface area contributed by atoms with Crippen molar-refractivity contribution >= 4 is 11.7 Å². The lowest BCUT2D eigenvalue weighted by Gasteiger charge is -2.28. The zero-order valence-corrected chi connectivity index (χ0v) is 14.3. The van der Waals surface area contributed by atoms with Crippen LogP contribution < -0.4 is 10.1 Å². The number of Topliss-reactive ketones (excluding diaryl/α,β-unsaturated/α-hetero) is 1. The Morgan fingerprint density at radius 1 is 1.25 bits per heavy atom. The van der Waals surface area contributed by atoms with Gasteiger partial charge in [0, 0.05) is 30.6 Å². The molecule has 0 aromatic heterocycles. The number of ketones is 1. The number of fused-ring (bicyclic) bond motifs is 2. The number of rotatable bonds is 6. The molecule has 2 fully saturated rings. The Morgan fingerprint density at radius 2 is 2.08 bits per heavy atom. The number of benzene rings is 1. The third kappa shape index (κ3) is 3.96. The van der Waals surface area contributed by atoms with Gasteiger partial charge in [0.25, 0.3) is 0 Å². The molecule has 5 heteroatoms. The first kappa shape index (κ1) is 17.0. The second kappa shape index (κ2) is 7.79. The highest BCUT2D eigenvalue weighted by Gasteiger charge is 2.37. The highest BCUT2D eigenvalue weighted by molar-refractivity contribution is 5.94. The number of nitrogens with zero attached hydrogens (tertiary/aromatic N) is 1. The van der Waals surface area contributed by atoms with Crippen LogP contribution in [0.1, 0.15) is 49.4 Å². The topological polar surface area (TPSA) is 58.6 Å². The normalized spacial score (nSPS) is 23.0. The third-order valence-electron chi connectivity index (χ3n) is 4.99. The summed E-state index contributed by atoms with van der Waals surface area (Å²) in [6, 6.07) is 7.99. The number of carbonyl (C=O) groups is 2. The van der Waals surface area contributed by atoms with Crippen molar-refractivity contribution in [3.63, 3.8) is 0 Å². The average Bonchev–Trinajstić information content (AvgIpc) is 2.84. The van der Waals surface area contributed by atoms with Crippen molar-refractivity contribution in [2.24, 2.45) is 0 Å². The SMILES string of the molecule is CC(=O)c1cccc(OCCCC(=O)N2C3CCNCC2CC3)c1. The number of carbonyl (C=O) groups excluding carboxylic acids is 2. The van der Waals surface area contributed by atoms with Crippen LogP contribution in [0, 0.1) is 0 Å². The molecule has 2 saturated heterocycles. The smallest absolute Gasteiger partial charge is 0.223 e. The van der Waals surface area contributed by atoms with Crippen LogP contribution in [-0.2, 0) is 4.79 Å². The Kier molecular flexibility index (Phi) is 5.51. The molecule has 1 amide bonds. The maximum Gasteiger partial charge on any atom is 0.223 e. The van der Waals surface area contributed by atoms with E-state index in [9.17, 15) is 9.59 Å². The predicted octanol–water partition coefficient (Wildman–Crippen LogP) is 2.40. The minimum atomic E-state index is 0.0286. The van der Waals surface area contributed by atoms with Crippen molar-refractivity contribution < 1.29 is 14.3 Å². The van der Waals surface area contributed by atoms with Crippen molar-refractivity contribution in [1.29, 1.82) is 0 Å². The van der Waals surface area contributed by atoms with Crippen molar-refractivity contribution in [3.8, 4) is 5.75 Å². The summed E-state index contributed by atoms with van der Waals surface area (Å²) in [6.45, 7) is 3.98. The van der Waals surface area contributed by atoms with Gasteiger partial charge in [0.1, 0.15) is 5.75 Å². The van der Waals surface area contributed by atoms with Crippen LogP contribution in [-0.4, -0.2) is 48.4 Å². The van der Waals surface area contributed by atoms with Gasteiger partial charge in [-0.3, -0.25) is 9.59 Å². The summed E-state index contributed by atoms with van der Waals surface area (Å²) >= 11 is 0. The van der Waals surface area contributed by atoms with Gasteiger partial charge in [0.2, 0.25) is 5.91 Å². The van der Waals surface area contributed by atoms with Gasteiger partial charge < -0.3 is 15.0 Å². The standard InChI is InChI=1S/C19H26N2O3/c1-14(22)15-4-2-5-18(12-15)24-11-3-6-19(23)21-16-7-8-17(21)13-20-10-9-16/h2,4-5,12,16-17,20H,3,6-11,13H2,1H3. The first-order chi connectivity index (χ1) is 11.6. The summed E-state index contributed by atoms with van der Waals surface area (Å²) < 4.78 is 5.69. The summed E-state index contributed by atoms with van der Waals surface area (Å²) in [6.07, 6.45) is 4.56. The Hall–Kier alpha value is -1.88. The van der Waals surface area contributed by atoms with E-state index >= 15 is 0 Å². The summed E-state index contributed by atoms with van der Waals surface area (Å²) in [4.78, 5) is 26.1. The highest BCUT2D eigenvalue weighted by atomic mass is 16.5. The van der Waals surface area contributed by atoms with Crippen LogP contribution >= 0.6 is 0 Å². The molecule has 5 nitrogen and oxygen atoms in total. The summed E-state index contributed by atoms with van der Waals surface area (Å²) in [5.74, 6) is 0.974. The minimum Gasteiger partial charge on any atom is -0.494 e. The van der Waals surface area contributed by atoms with E-state index in [0.717, 1.165) is 32.4 Å². The van der Waals surface area contributed by atoms with E-state index in [2.05, 4.69) is 10.2 Å². The predicted molar refractivity (Wildman–Crippen MR) is 92.3 cm³/mol.